The van der Waals surface area contributed by atoms with E-state index in [1.165, 1.54) is 16.8 Å². The molecular formula is C28H26Br2FN3O3. The van der Waals surface area contributed by atoms with E-state index in [9.17, 15) is 9.18 Å². The minimum Gasteiger partial charge on any atom is -0.490 e. The number of hydrogen-bond acceptors (Lipinski definition) is 5. The Morgan fingerprint density at radius 1 is 1.08 bits per heavy atom. The van der Waals surface area contributed by atoms with Gasteiger partial charge in [0.1, 0.15) is 18.2 Å². The third kappa shape index (κ3) is 6.27. The quantitative estimate of drug-likeness (QED) is 0.180. The first kappa shape index (κ1) is 27.0. The number of fused-ring (bicyclic) bond motifs is 1. The van der Waals surface area contributed by atoms with Crippen molar-refractivity contribution in [2.75, 3.05) is 6.61 Å². The second kappa shape index (κ2) is 12.0. The largest absolute Gasteiger partial charge is 0.490 e. The number of halogens is 3. The molecule has 1 heterocycles. The van der Waals surface area contributed by atoms with Crippen LogP contribution in [0.25, 0.3) is 10.9 Å². The number of benzene rings is 3. The van der Waals surface area contributed by atoms with Gasteiger partial charge in [0.2, 0.25) is 0 Å². The number of nitrogens with zero attached hydrogens (tertiary/aromatic N) is 3. The van der Waals surface area contributed by atoms with Gasteiger partial charge in [-0.25, -0.2) is 9.37 Å². The maximum Gasteiger partial charge on any atom is 0.282 e. The Balaban J connectivity index is 1.71. The van der Waals surface area contributed by atoms with Crippen molar-refractivity contribution in [2.24, 2.45) is 5.10 Å². The van der Waals surface area contributed by atoms with Gasteiger partial charge in [-0.1, -0.05) is 41.9 Å². The first-order valence-corrected chi connectivity index (χ1v) is 13.5. The van der Waals surface area contributed by atoms with Crippen LogP contribution in [0.4, 0.5) is 4.39 Å². The summed E-state index contributed by atoms with van der Waals surface area (Å²) in [6.07, 6.45) is 2.42. The van der Waals surface area contributed by atoms with Crippen molar-refractivity contribution in [2.45, 2.75) is 39.7 Å². The van der Waals surface area contributed by atoms with Crippen LogP contribution in [-0.2, 0) is 6.61 Å². The molecule has 0 saturated heterocycles. The molecule has 1 aromatic heterocycles. The van der Waals surface area contributed by atoms with Gasteiger partial charge in [0, 0.05) is 10.4 Å². The number of rotatable bonds is 9. The predicted molar refractivity (Wildman–Crippen MR) is 151 cm³/mol. The van der Waals surface area contributed by atoms with Crippen LogP contribution in [0.1, 0.15) is 50.1 Å². The molecule has 0 saturated carbocycles. The molecular weight excluding hydrogens is 605 g/mol. The van der Waals surface area contributed by atoms with Crippen molar-refractivity contribution in [1.29, 1.82) is 0 Å². The van der Waals surface area contributed by atoms with Gasteiger partial charge >= 0.3 is 0 Å². The maximum atomic E-state index is 13.4. The normalized spacial score (nSPS) is 12.3. The molecule has 37 heavy (non-hydrogen) atoms. The average Bonchev–Trinajstić information content (AvgIpc) is 2.88. The van der Waals surface area contributed by atoms with Crippen molar-refractivity contribution in [3.05, 3.63) is 96.7 Å². The van der Waals surface area contributed by atoms with Crippen molar-refractivity contribution in [3.8, 4) is 11.5 Å². The van der Waals surface area contributed by atoms with E-state index < -0.39 is 0 Å². The average molecular weight is 631 g/mol. The molecule has 0 spiro atoms. The van der Waals surface area contributed by atoms with Gasteiger partial charge in [0.05, 0.1) is 28.2 Å². The molecule has 0 aliphatic heterocycles. The number of aromatic nitrogens is 2. The first-order chi connectivity index (χ1) is 17.8. The summed E-state index contributed by atoms with van der Waals surface area (Å²) < 4.78 is 27.9. The van der Waals surface area contributed by atoms with Gasteiger partial charge in [-0.2, -0.15) is 9.78 Å². The van der Waals surface area contributed by atoms with Crippen LogP contribution in [-0.4, -0.2) is 22.5 Å². The fourth-order valence-electron chi connectivity index (χ4n) is 3.71. The SMILES string of the molecule is CCOc1cc(C=Nn2c([C@H](C)CC)nc3ccc(Br)cc3c2=O)cc(Br)c1OCc1ccc(F)cc1. The molecule has 3 aromatic carbocycles. The van der Waals surface area contributed by atoms with E-state index in [0.29, 0.717) is 44.9 Å². The van der Waals surface area contributed by atoms with E-state index in [0.717, 1.165) is 16.5 Å². The van der Waals surface area contributed by atoms with Crippen molar-refractivity contribution < 1.29 is 13.9 Å². The van der Waals surface area contributed by atoms with E-state index in [1.807, 2.05) is 39.0 Å². The van der Waals surface area contributed by atoms with Crippen LogP contribution in [0.15, 0.2) is 73.4 Å². The van der Waals surface area contributed by atoms with Crippen molar-refractivity contribution in [1.82, 2.24) is 9.66 Å². The lowest BCUT2D eigenvalue weighted by molar-refractivity contribution is 0.267. The van der Waals surface area contributed by atoms with Gasteiger partial charge in [0.25, 0.3) is 5.56 Å². The molecule has 4 rings (SSSR count). The fraction of sp³-hybridized carbons (Fsp3) is 0.250. The Morgan fingerprint density at radius 3 is 2.54 bits per heavy atom. The van der Waals surface area contributed by atoms with E-state index in [1.54, 1.807) is 30.5 Å². The number of ether oxygens (including phenoxy) is 2. The zero-order valence-corrected chi connectivity index (χ0v) is 23.8. The zero-order valence-electron chi connectivity index (χ0n) is 20.7. The summed E-state index contributed by atoms with van der Waals surface area (Å²) in [5.41, 5.74) is 1.94. The molecule has 0 bridgehead atoms. The lowest BCUT2D eigenvalue weighted by Crippen LogP contribution is -2.23. The summed E-state index contributed by atoms with van der Waals surface area (Å²) in [4.78, 5) is 18.1. The van der Waals surface area contributed by atoms with Crippen LogP contribution in [0.5, 0.6) is 11.5 Å². The van der Waals surface area contributed by atoms with Crippen LogP contribution in [0, 0.1) is 5.82 Å². The molecule has 0 unspecified atom stereocenters. The Kier molecular flexibility index (Phi) is 8.76. The summed E-state index contributed by atoms with van der Waals surface area (Å²) >= 11 is 7.00. The first-order valence-electron chi connectivity index (χ1n) is 11.9. The van der Waals surface area contributed by atoms with Crippen LogP contribution < -0.4 is 15.0 Å². The predicted octanol–water partition coefficient (Wildman–Crippen LogP) is 7.43. The summed E-state index contributed by atoms with van der Waals surface area (Å²) in [7, 11) is 0. The molecule has 6 nitrogen and oxygen atoms in total. The van der Waals surface area contributed by atoms with Crippen LogP contribution in [0.3, 0.4) is 0 Å². The summed E-state index contributed by atoms with van der Waals surface area (Å²) in [5, 5.41) is 5.03. The van der Waals surface area contributed by atoms with Gasteiger partial charge in [-0.15, -0.1) is 0 Å². The zero-order chi connectivity index (χ0) is 26.5. The standard InChI is InChI=1S/C28H26Br2FN3O3/c1-4-17(3)27-33-24-11-8-20(29)14-22(24)28(35)34(27)32-15-19-12-23(30)26(25(13-19)36-5-2)37-16-18-6-9-21(31)10-7-18/h6-15,17H,4-5,16H2,1-3H3/t17-/m1/s1. The van der Waals surface area contributed by atoms with E-state index in [-0.39, 0.29) is 23.9 Å². The van der Waals surface area contributed by atoms with Crippen molar-refractivity contribution >= 4 is 49.0 Å². The highest BCUT2D eigenvalue weighted by Gasteiger charge is 2.16. The molecule has 0 fully saturated rings. The Bertz CT molecular complexity index is 1500. The monoisotopic (exact) mass is 629 g/mol. The van der Waals surface area contributed by atoms with Gasteiger partial charge in [0.15, 0.2) is 11.5 Å². The minimum absolute atomic E-state index is 0.0332. The summed E-state index contributed by atoms with van der Waals surface area (Å²) in [6.45, 7) is 6.64. The smallest absolute Gasteiger partial charge is 0.282 e. The molecule has 0 aliphatic carbocycles. The van der Waals surface area contributed by atoms with Crippen LogP contribution in [0.2, 0.25) is 0 Å². The minimum atomic E-state index is -0.298. The Hall–Kier alpha value is -3.04. The van der Waals surface area contributed by atoms with E-state index in [4.69, 9.17) is 14.5 Å². The highest BCUT2D eigenvalue weighted by molar-refractivity contribution is 9.10. The van der Waals surface area contributed by atoms with Gasteiger partial charge < -0.3 is 9.47 Å². The topological polar surface area (TPSA) is 65.7 Å². The van der Waals surface area contributed by atoms with Crippen molar-refractivity contribution in [3.63, 3.8) is 0 Å². The van der Waals surface area contributed by atoms with Crippen LogP contribution >= 0.6 is 31.9 Å². The highest BCUT2D eigenvalue weighted by atomic mass is 79.9. The molecule has 4 aromatic rings. The second-order valence-corrected chi connectivity index (χ2v) is 10.3. The third-order valence-corrected chi connectivity index (χ3v) is 6.92. The molecule has 0 aliphatic rings. The molecule has 0 radical (unpaired) electrons. The highest BCUT2D eigenvalue weighted by Crippen LogP contribution is 2.37. The summed E-state index contributed by atoms with van der Waals surface area (Å²) in [5.74, 6) is 1.38. The Labute approximate surface area is 231 Å². The lowest BCUT2D eigenvalue weighted by Gasteiger charge is -2.15. The van der Waals surface area contributed by atoms with Gasteiger partial charge in [-0.05, 0) is 82.9 Å². The molecule has 192 valence electrons. The fourth-order valence-corrected chi connectivity index (χ4v) is 4.64. The second-order valence-electron chi connectivity index (χ2n) is 8.48. The lowest BCUT2D eigenvalue weighted by atomic mass is 10.1. The third-order valence-electron chi connectivity index (χ3n) is 5.84. The molecule has 0 amide bonds. The molecule has 9 heteroatoms. The number of hydrogen-bond donors (Lipinski definition) is 0. The Morgan fingerprint density at radius 2 is 1.84 bits per heavy atom. The van der Waals surface area contributed by atoms with E-state index in [2.05, 4.69) is 37.0 Å². The maximum absolute atomic E-state index is 13.4. The molecule has 1 atom stereocenters. The molecule has 0 N–H and O–H groups in total. The van der Waals surface area contributed by atoms with E-state index >= 15 is 0 Å². The van der Waals surface area contributed by atoms with Gasteiger partial charge in [-0.3, -0.25) is 4.79 Å². The summed E-state index contributed by atoms with van der Waals surface area (Å²) in [6, 6.07) is 15.2.